The van der Waals surface area contributed by atoms with Crippen LogP contribution < -0.4 is 11.2 Å². The molecule has 0 N–H and O–H groups in total. The third kappa shape index (κ3) is 5.19. The van der Waals surface area contributed by atoms with Crippen LogP contribution in [0.3, 0.4) is 0 Å². The molecule has 0 unspecified atom stereocenters. The highest BCUT2D eigenvalue weighted by Crippen LogP contribution is 2.34. The fraction of sp³-hybridized carbons (Fsp3) is 0.577. The van der Waals surface area contributed by atoms with Crippen molar-refractivity contribution < 1.29 is 10.6 Å². The first-order valence-corrected chi connectivity index (χ1v) is 14.0. The summed E-state index contributed by atoms with van der Waals surface area (Å²) in [5.74, 6) is 1.77. The molecule has 36 heavy (non-hydrogen) atoms. The van der Waals surface area contributed by atoms with Gasteiger partial charge in [-0.1, -0.05) is 0 Å². The molecular weight excluding hydrogens is 481 g/mol. The number of nitrogens with zero attached hydrogens (tertiary/aromatic N) is 5. The van der Waals surface area contributed by atoms with Crippen molar-refractivity contribution in [2.45, 2.75) is 76.9 Å². The SMILES string of the molecule is Cc1ccn(CCC(=O)CC2CCC(n3c(=O)c4cc(F)cnc4n(C4CCSCC4)c3=O)CC2)n1.[HH]. The maximum absolute atomic E-state index is 14.1. The van der Waals surface area contributed by atoms with Crippen molar-refractivity contribution in [2.75, 3.05) is 11.5 Å². The third-order valence-corrected chi connectivity index (χ3v) is 8.62. The minimum Gasteiger partial charge on any atom is -0.300 e. The third-order valence-electron chi connectivity index (χ3n) is 7.57. The first-order valence-electron chi connectivity index (χ1n) is 12.8. The molecule has 2 aliphatic rings. The molecule has 0 atom stereocenters. The van der Waals surface area contributed by atoms with Gasteiger partial charge in [0.1, 0.15) is 17.2 Å². The quantitative estimate of drug-likeness (QED) is 0.466. The summed E-state index contributed by atoms with van der Waals surface area (Å²) in [6.07, 6.45) is 8.44. The van der Waals surface area contributed by atoms with Crippen molar-refractivity contribution in [2.24, 2.45) is 5.92 Å². The number of pyridine rings is 1. The zero-order valence-corrected chi connectivity index (χ0v) is 21.4. The lowest BCUT2D eigenvalue weighted by atomic mass is 9.82. The monoisotopic (exact) mass is 515 g/mol. The molecule has 2 fully saturated rings. The molecule has 0 amide bonds. The molecular formula is C26H34FN5O3S. The predicted molar refractivity (Wildman–Crippen MR) is 140 cm³/mol. The van der Waals surface area contributed by atoms with E-state index in [1.807, 2.05) is 30.9 Å². The normalized spacial score (nSPS) is 21.2. The summed E-state index contributed by atoms with van der Waals surface area (Å²) in [5.41, 5.74) is 0.422. The number of aromatic nitrogens is 5. The van der Waals surface area contributed by atoms with Crippen molar-refractivity contribution in [3.05, 3.63) is 56.9 Å². The summed E-state index contributed by atoms with van der Waals surface area (Å²) in [4.78, 5) is 43.8. The lowest BCUT2D eigenvalue weighted by molar-refractivity contribution is -0.120. The molecule has 1 aliphatic carbocycles. The van der Waals surface area contributed by atoms with Crippen LogP contribution in [0.1, 0.15) is 70.6 Å². The summed E-state index contributed by atoms with van der Waals surface area (Å²) in [7, 11) is 0. The number of carbonyl (C=O) groups is 1. The molecule has 0 bridgehead atoms. The van der Waals surface area contributed by atoms with Gasteiger partial charge in [0.2, 0.25) is 0 Å². The lowest BCUT2D eigenvalue weighted by Crippen LogP contribution is -2.45. The number of halogens is 1. The van der Waals surface area contributed by atoms with Crippen LogP contribution in [0.2, 0.25) is 0 Å². The number of fused-ring (bicyclic) bond motifs is 1. The van der Waals surface area contributed by atoms with Crippen molar-refractivity contribution in [3.8, 4) is 0 Å². The molecule has 8 nitrogen and oxygen atoms in total. The Bertz CT molecular complexity index is 1370. The maximum Gasteiger partial charge on any atom is 0.333 e. The number of hydrogen-bond donors (Lipinski definition) is 0. The van der Waals surface area contributed by atoms with Crippen molar-refractivity contribution >= 4 is 28.6 Å². The Balaban J connectivity index is 0.00000320. The largest absolute Gasteiger partial charge is 0.333 e. The Hall–Kier alpha value is -2.75. The van der Waals surface area contributed by atoms with E-state index in [4.69, 9.17) is 0 Å². The molecule has 1 aliphatic heterocycles. The highest BCUT2D eigenvalue weighted by Gasteiger charge is 2.29. The van der Waals surface area contributed by atoms with Gasteiger partial charge in [0.25, 0.3) is 5.56 Å². The standard InChI is InChI=1S/C26H32FN5O3S.H2/c1-17-6-10-30(29-17)11-7-22(33)14-18-2-4-20(5-3-18)32-25(34)23-15-19(27)16-28-24(23)31(26(32)35)21-8-12-36-13-9-21;/h6,10,15-16,18,20-21H,2-5,7-9,11-14H2,1H3;1H. The second-order valence-electron chi connectivity index (χ2n) is 10.1. The van der Waals surface area contributed by atoms with Crippen LogP contribution >= 0.6 is 11.8 Å². The summed E-state index contributed by atoms with van der Waals surface area (Å²) in [5, 5.41) is 4.49. The van der Waals surface area contributed by atoms with Crippen LogP contribution in [0, 0.1) is 18.7 Å². The van der Waals surface area contributed by atoms with Gasteiger partial charge < -0.3 is 0 Å². The second-order valence-corrected chi connectivity index (χ2v) is 11.3. The topological polar surface area (TPSA) is 91.8 Å². The minimum absolute atomic E-state index is 0. The molecule has 5 rings (SSSR count). The average Bonchev–Trinajstić information content (AvgIpc) is 3.30. The first kappa shape index (κ1) is 24.9. The van der Waals surface area contributed by atoms with Gasteiger partial charge >= 0.3 is 5.69 Å². The number of hydrogen-bond acceptors (Lipinski definition) is 6. The first-order chi connectivity index (χ1) is 17.4. The van der Waals surface area contributed by atoms with Gasteiger partial charge in [-0.15, -0.1) is 0 Å². The number of ketones is 1. The predicted octanol–water partition coefficient (Wildman–Crippen LogP) is 4.30. The summed E-state index contributed by atoms with van der Waals surface area (Å²) >= 11 is 1.85. The van der Waals surface area contributed by atoms with Crippen LogP contribution in [-0.4, -0.2) is 41.2 Å². The molecule has 3 aromatic heterocycles. The fourth-order valence-electron chi connectivity index (χ4n) is 5.66. The maximum atomic E-state index is 14.1. The van der Waals surface area contributed by atoms with Gasteiger partial charge in [0, 0.05) is 39.1 Å². The van der Waals surface area contributed by atoms with E-state index in [0.717, 1.165) is 49.1 Å². The highest BCUT2D eigenvalue weighted by atomic mass is 32.2. The summed E-state index contributed by atoms with van der Waals surface area (Å²) < 4.78 is 18.9. The van der Waals surface area contributed by atoms with E-state index in [-0.39, 0.29) is 41.9 Å². The Morgan fingerprint density at radius 1 is 1.11 bits per heavy atom. The summed E-state index contributed by atoms with van der Waals surface area (Å²) in [6, 6.07) is 2.84. The molecule has 3 aromatic rings. The Morgan fingerprint density at radius 3 is 2.53 bits per heavy atom. The second kappa shape index (κ2) is 10.7. The Kier molecular flexibility index (Phi) is 7.41. The van der Waals surface area contributed by atoms with Gasteiger partial charge in [0.05, 0.1) is 17.3 Å². The summed E-state index contributed by atoms with van der Waals surface area (Å²) in [6.45, 7) is 2.51. The van der Waals surface area contributed by atoms with E-state index >= 15 is 0 Å². The van der Waals surface area contributed by atoms with Crippen LogP contribution in [0.25, 0.3) is 11.0 Å². The van der Waals surface area contributed by atoms with E-state index in [1.54, 1.807) is 9.25 Å². The molecule has 0 aromatic carbocycles. The molecule has 0 radical (unpaired) electrons. The van der Waals surface area contributed by atoms with Crippen LogP contribution in [-0.2, 0) is 11.3 Å². The Morgan fingerprint density at radius 2 is 1.83 bits per heavy atom. The minimum atomic E-state index is -0.581. The zero-order chi connectivity index (χ0) is 25.2. The highest BCUT2D eigenvalue weighted by molar-refractivity contribution is 7.99. The number of thioether (sulfide) groups is 1. The van der Waals surface area contributed by atoms with Gasteiger partial charge in [-0.2, -0.15) is 16.9 Å². The zero-order valence-electron chi connectivity index (χ0n) is 20.6. The van der Waals surface area contributed by atoms with Crippen LogP contribution in [0.4, 0.5) is 4.39 Å². The lowest BCUT2D eigenvalue weighted by Gasteiger charge is -2.31. The van der Waals surface area contributed by atoms with Crippen LogP contribution in [0.5, 0.6) is 0 Å². The van der Waals surface area contributed by atoms with Crippen molar-refractivity contribution in [1.29, 1.82) is 0 Å². The number of carbonyl (C=O) groups excluding carboxylic acids is 1. The van der Waals surface area contributed by atoms with E-state index in [1.165, 1.54) is 10.6 Å². The van der Waals surface area contributed by atoms with E-state index < -0.39 is 11.4 Å². The number of Topliss-reactive ketones (excluding diaryl/α,β-unsaturated/α-hetero) is 1. The van der Waals surface area contributed by atoms with E-state index in [2.05, 4.69) is 10.1 Å². The van der Waals surface area contributed by atoms with Gasteiger partial charge in [-0.05, 0) is 75.0 Å². The molecule has 4 heterocycles. The van der Waals surface area contributed by atoms with Crippen molar-refractivity contribution in [1.82, 2.24) is 23.9 Å². The van der Waals surface area contributed by atoms with Crippen LogP contribution in [0.15, 0.2) is 34.1 Å². The fourth-order valence-corrected chi connectivity index (χ4v) is 6.74. The molecule has 194 valence electrons. The molecule has 1 saturated carbocycles. The van der Waals surface area contributed by atoms with E-state index in [9.17, 15) is 18.8 Å². The van der Waals surface area contributed by atoms with Gasteiger partial charge in [-0.25, -0.2) is 14.2 Å². The molecule has 10 heteroatoms. The Labute approximate surface area is 214 Å². The molecule has 1 saturated heterocycles. The number of rotatable bonds is 7. The number of aryl methyl sites for hydroxylation is 2. The average molecular weight is 516 g/mol. The van der Waals surface area contributed by atoms with Gasteiger partial charge in [0.15, 0.2) is 0 Å². The smallest absolute Gasteiger partial charge is 0.300 e. The van der Waals surface area contributed by atoms with E-state index in [0.29, 0.717) is 32.2 Å². The molecule has 0 spiro atoms. The van der Waals surface area contributed by atoms with Gasteiger partial charge in [-0.3, -0.25) is 23.4 Å². The van der Waals surface area contributed by atoms with Crippen molar-refractivity contribution in [3.63, 3.8) is 0 Å².